The number of nitrogen functional groups attached to an aromatic ring is 1. The molecule has 0 atom stereocenters. The van der Waals surface area contributed by atoms with Crippen LogP contribution in [0.2, 0.25) is 0 Å². The number of nitrogens with zero attached hydrogens (tertiary/aromatic N) is 3. The summed E-state index contributed by atoms with van der Waals surface area (Å²) in [4.78, 5) is 27.8. The molecule has 0 spiro atoms. The van der Waals surface area contributed by atoms with Gasteiger partial charge in [-0.2, -0.15) is 0 Å². The molecule has 0 bridgehead atoms. The van der Waals surface area contributed by atoms with Gasteiger partial charge in [0, 0.05) is 23.8 Å². The van der Waals surface area contributed by atoms with Crippen molar-refractivity contribution in [3.63, 3.8) is 0 Å². The summed E-state index contributed by atoms with van der Waals surface area (Å²) in [7, 11) is 0. The predicted octanol–water partition coefficient (Wildman–Crippen LogP) is 2.63. The monoisotopic (exact) mass is 299 g/mol. The number of fused-ring (bicyclic) bond motifs is 1. The van der Waals surface area contributed by atoms with Crippen LogP contribution in [0.1, 0.15) is 0 Å². The smallest absolute Gasteiger partial charge is 0.292 e. The minimum absolute atomic E-state index is 0.0560. The van der Waals surface area contributed by atoms with Crippen molar-refractivity contribution in [1.29, 1.82) is 0 Å². The number of hydrogen-bond acceptors (Lipinski definition) is 6. The minimum atomic E-state index is -0.577. The number of aromatic nitrogens is 2. The molecule has 0 unspecified atom stereocenters. The Bertz CT molecular complexity index is 918. The van der Waals surface area contributed by atoms with Gasteiger partial charge in [-0.25, -0.2) is 4.98 Å². The molecule has 0 amide bonds. The number of aromatic amines is 1. The number of imidazole rings is 1. The normalized spacial score (nSPS) is 10.7. The maximum Gasteiger partial charge on any atom is 0.292 e. The third-order valence-corrected chi connectivity index (χ3v) is 3.18. The van der Waals surface area contributed by atoms with Crippen LogP contribution in [0.3, 0.4) is 0 Å². The zero-order valence-corrected chi connectivity index (χ0v) is 11.0. The lowest BCUT2D eigenvalue weighted by Crippen LogP contribution is -1.96. The molecule has 1 heterocycles. The maximum absolute atomic E-state index is 10.9. The minimum Gasteiger partial charge on any atom is -0.393 e. The van der Waals surface area contributed by atoms with E-state index in [4.69, 9.17) is 5.73 Å². The van der Waals surface area contributed by atoms with Gasteiger partial charge in [0.05, 0.1) is 20.9 Å². The third kappa shape index (κ3) is 2.20. The number of anilines is 1. The fourth-order valence-electron chi connectivity index (χ4n) is 2.10. The van der Waals surface area contributed by atoms with Gasteiger partial charge in [-0.15, -0.1) is 0 Å². The molecule has 0 saturated carbocycles. The van der Waals surface area contributed by atoms with Crippen LogP contribution in [0, 0.1) is 20.2 Å². The number of hydrogen-bond donors (Lipinski definition) is 2. The Morgan fingerprint density at radius 3 is 2.50 bits per heavy atom. The highest BCUT2D eigenvalue weighted by atomic mass is 16.6. The summed E-state index contributed by atoms with van der Waals surface area (Å²) >= 11 is 0. The molecule has 0 saturated heterocycles. The van der Waals surface area contributed by atoms with E-state index in [1.54, 1.807) is 6.07 Å². The van der Waals surface area contributed by atoms with Crippen molar-refractivity contribution in [1.82, 2.24) is 9.97 Å². The zero-order chi connectivity index (χ0) is 15.9. The molecule has 0 radical (unpaired) electrons. The van der Waals surface area contributed by atoms with Crippen LogP contribution in [0.4, 0.5) is 17.1 Å². The van der Waals surface area contributed by atoms with Crippen LogP contribution in [-0.2, 0) is 0 Å². The fourth-order valence-corrected chi connectivity index (χ4v) is 2.10. The number of nitrogens with one attached hydrogen (secondary N) is 1. The number of nitro benzene ring substituents is 2. The zero-order valence-electron chi connectivity index (χ0n) is 11.0. The first kappa shape index (κ1) is 13.5. The Morgan fingerprint density at radius 1 is 1.05 bits per heavy atom. The molecule has 3 rings (SSSR count). The van der Waals surface area contributed by atoms with Crippen LogP contribution in [0.5, 0.6) is 0 Å². The van der Waals surface area contributed by atoms with Gasteiger partial charge in [-0.3, -0.25) is 20.2 Å². The Morgan fingerprint density at radius 2 is 1.82 bits per heavy atom. The largest absolute Gasteiger partial charge is 0.393 e. The van der Waals surface area contributed by atoms with Crippen LogP contribution >= 0.6 is 0 Å². The van der Waals surface area contributed by atoms with E-state index in [1.165, 1.54) is 30.3 Å². The Hall–Kier alpha value is -3.49. The fraction of sp³-hybridized carbons (Fsp3) is 0. The maximum atomic E-state index is 10.9. The van der Waals surface area contributed by atoms with Gasteiger partial charge in [0.2, 0.25) is 0 Å². The van der Waals surface area contributed by atoms with Crippen molar-refractivity contribution in [3.05, 3.63) is 56.6 Å². The van der Waals surface area contributed by atoms with E-state index < -0.39 is 9.85 Å². The number of rotatable bonds is 3. The molecule has 0 aliphatic heterocycles. The second-order valence-corrected chi connectivity index (χ2v) is 4.57. The average molecular weight is 299 g/mol. The predicted molar refractivity (Wildman–Crippen MR) is 79.3 cm³/mol. The number of nitro groups is 2. The second kappa shape index (κ2) is 4.81. The van der Waals surface area contributed by atoms with Crippen molar-refractivity contribution in [2.75, 3.05) is 5.73 Å². The molecule has 2 aromatic carbocycles. The molecule has 3 aromatic rings. The first-order valence-electron chi connectivity index (χ1n) is 6.14. The van der Waals surface area contributed by atoms with Crippen LogP contribution in [0.15, 0.2) is 36.4 Å². The van der Waals surface area contributed by atoms with E-state index in [0.29, 0.717) is 22.4 Å². The van der Waals surface area contributed by atoms with Gasteiger partial charge in [0.1, 0.15) is 11.5 Å². The van der Waals surface area contributed by atoms with Gasteiger partial charge in [0.15, 0.2) is 0 Å². The topological polar surface area (TPSA) is 141 Å². The molecule has 9 heteroatoms. The lowest BCUT2D eigenvalue weighted by Gasteiger charge is -1.99. The molecule has 9 nitrogen and oxygen atoms in total. The van der Waals surface area contributed by atoms with Gasteiger partial charge >= 0.3 is 0 Å². The summed E-state index contributed by atoms with van der Waals surface area (Å²) in [6, 6.07) is 8.54. The van der Waals surface area contributed by atoms with E-state index >= 15 is 0 Å². The summed E-state index contributed by atoms with van der Waals surface area (Å²) in [5.41, 5.74) is 6.80. The molecule has 0 aliphatic rings. The summed E-state index contributed by atoms with van der Waals surface area (Å²) in [5, 5.41) is 21.7. The highest BCUT2D eigenvalue weighted by Gasteiger charge is 2.15. The average Bonchev–Trinajstić information content (AvgIpc) is 2.90. The Balaban J connectivity index is 2.12. The summed E-state index contributed by atoms with van der Waals surface area (Å²) in [6.45, 7) is 0. The van der Waals surface area contributed by atoms with Crippen LogP contribution < -0.4 is 5.73 Å². The molecule has 110 valence electrons. The highest BCUT2D eigenvalue weighted by Crippen LogP contribution is 2.29. The number of benzene rings is 2. The van der Waals surface area contributed by atoms with Crippen molar-refractivity contribution < 1.29 is 9.85 Å². The second-order valence-electron chi connectivity index (χ2n) is 4.57. The number of H-pyrrole nitrogens is 1. The third-order valence-electron chi connectivity index (χ3n) is 3.18. The summed E-state index contributed by atoms with van der Waals surface area (Å²) in [5.74, 6) is 0.374. The summed E-state index contributed by atoms with van der Waals surface area (Å²) in [6.07, 6.45) is 0. The SMILES string of the molecule is Nc1ccc(-c2nc3ccc([N+](=O)[O-])cc3[nH]2)cc1[N+](=O)[O-]. The van der Waals surface area contributed by atoms with E-state index in [0.717, 1.165) is 0 Å². The highest BCUT2D eigenvalue weighted by molar-refractivity contribution is 5.82. The molecule has 3 N–H and O–H groups in total. The van der Waals surface area contributed by atoms with Crippen molar-refractivity contribution >= 4 is 28.1 Å². The van der Waals surface area contributed by atoms with E-state index in [-0.39, 0.29) is 17.1 Å². The van der Waals surface area contributed by atoms with Crippen molar-refractivity contribution in [3.8, 4) is 11.4 Å². The lowest BCUT2D eigenvalue weighted by atomic mass is 10.1. The number of nitrogens with two attached hydrogens (primary N) is 1. The number of non-ortho nitro benzene ring substituents is 1. The quantitative estimate of drug-likeness (QED) is 0.432. The lowest BCUT2D eigenvalue weighted by molar-refractivity contribution is -0.384. The van der Waals surface area contributed by atoms with Gasteiger partial charge in [-0.05, 0) is 18.2 Å². The van der Waals surface area contributed by atoms with Gasteiger partial charge in [0.25, 0.3) is 11.4 Å². The first-order valence-corrected chi connectivity index (χ1v) is 6.14. The Kier molecular flexibility index (Phi) is 2.95. The van der Waals surface area contributed by atoms with E-state index in [1.807, 2.05) is 0 Å². The van der Waals surface area contributed by atoms with Gasteiger partial charge < -0.3 is 10.7 Å². The first-order chi connectivity index (χ1) is 10.5. The van der Waals surface area contributed by atoms with Crippen LogP contribution in [-0.4, -0.2) is 19.8 Å². The van der Waals surface area contributed by atoms with Crippen molar-refractivity contribution in [2.24, 2.45) is 0 Å². The van der Waals surface area contributed by atoms with Crippen LogP contribution in [0.25, 0.3) is 22.4 Å². The van der Waals surface area contributed by atoms with Crippen molar-refractivity contribution in [2.45, 2.75) is 0 Å². The summed E-state index contributed by atoms with van der Waals surface area (Å²) < 4.78 is 0. The van der Waals surface area contributed by atoms with Gasteiger partial charge in [-0.1, -0.05) is 0 Å². The molecule has 1 aromatic heterocycles. The van der Waals surface area contributed by atoms with E-state index in [2.05, 4.69) is 9.97 Å². The molecular formula is C13H9N5O4. The standard InChI is InChI=1S/C13H9N5O4/c14-9-3-1-7(5-12(9)18(21)22)13-15-10-4-2-8(17(19)20)6-11(10)16-13/h1-6H,14H2,(H,15,16). The Labute approximate surface area is 122 Å². The molecule has 22 heavy (non-hydrogen) atoms. The molecule has 0 fully saturated rings. The molecule has 0 aliphatic carbocycles. The van der Waals surface area contributed by atoms with E-state index in [9.17, 15) is 20.2 Å². The molecular weight excluding hydrogens is 290 g/mol.